The highest BCUT2D eigenvalue weighted by atomic mass is 16.1. The number of hydrogen-bond donors (Lipinski definition) is 0. The minimum Gasteiger partial charge on any atom is -0.289 e. The van der Waals surface area contributed by atoms with Gasteiger partial charge in [-0.2, -0.15) is 0 Å². The van der Waals surface area contributed by atoms with Gasteiger partial charge in [0.05, 0.1) is 0 Å². The van der Waals surface area contributed by atoms with Crippen molar-refractivity contribution in [2.45, 2.75) is 20.3 Å². The SMILES string of the molecule is CC.O=C(C1=CC2CC2C(C(=O)c2ccccc2)=C1)c1ccccc1. The molecular formula is C23H22O2. The van der Waals surface area contributed by atoms with Crippen LogP contribution in [0.2, 0.25) is 0 Å². The number of ketones is 2. The van der Waals surface area contributed by atoms with Gasteiger partial charge in [-0.1, -0.05) is 80.6 Å². The Morgan fingerprint density at radius 2 is 1.32 bits per heavy atom. The molecule has 1 fully saturated rings. The molecule has 2 nitrogen and oxygen atoms in total. The Kier molecular flexibility index (Phi) is 5.08. The van der Waals surface area contributed by atoms with Crippen molar-refractivity contribution in [2.75, 3.05) is 0 Å². The molecule has 0 heterocycles. The van der Waals surface area contributed by atoms with Crippen molar-refractivity contribution in [3.63, 3.8) is 0 Å². The van der Waals surface area contributed by atoms with E-state index in [1.165, 1.54) is 0 Å². The van der Waals surface area contributed by atoms with Gasteiger partial charge in [-0.25, -0.2) is 0 Å². The third-order valence-electron chi connectivity index (χ3n) is 4.54. The number of fused-ring (bicyclic) bond motifs is 1. The van der Waals surface area contributed by atoms with E-state index in [0.29, 0.717) is 22.6 Å². The fraction of sp³-hybridized carbons (Fsp3) is 0.217. The fourth-order valence-electron chi connectivity index (χ4n) is 3.20. The summed E-state index contributed by atoms with van der Waals surface area (Å²) in [5.41, 5.74) is 2.79. The third kappa shape index (κ3) is 3.53. The number of carbonyl (C=O) groups excluding carboxylic acids is 2. The highest BCUT2D eigenvalue weighted by molar-refractivity contribution is 6.15. The molecule has 0 bridgehead atoms. The van der Waals surface area contributed by atoms with Crippen LogP contribution in [0.25, 0.3) is 0 Å². The maximum atomic E-state index is 12.7. The minimum atomic E-state index is -0.00527. The van der Waals surface area contributed by atoms with Gasteiger partial charge < -0.3 is 0 Å². The molecule has 0 aromatic heterocycles. The summed E-state index contributed by atoms with van der Waals surface area (Å²) in [4.78, 5) is 25.4. The molecule has 0 spiro atoms. The van der Waals surface area contributed by atoms with E-state index in [0.717, 1.165) is 12.0 Å². The maximum absolute atomic E-state index is 12.7. The molecule has 4 rings (SSSR count). The molecule has 2 atom stereocenters. The van der Waals surface area contributed by atoms with Crippen LogP contribution in [-0.2, 0) is 0 Å². The molecular weight excluding hydrogens is 308 g/mol. The van der Waals surface area contributed by atoms with Gasteiger partial charge in [0.25, 0.3) is 0 Å². The van der Waals surface area contributed by atoms with Crippen LogP contribution in [0.1, 0.15) is 41.0 Å². The monoisotopic (exact) mass is 330 g/mol. The Labute approximate surface area is 148 Å². The van der Waals surface area contributed by atoms with Crippen molar-refractivity contribution in [3.8, 4) is 0 Å². The second-order valence-corrected chi connectivity index (χ2v) is 6.12. The first-order valence-corrected chi connectivity index (χ1v) is 8.87. The van der Waals surface area contributed by atoms with Gasteiger partial charge in [0, 0.05) is 22.3 Å². The van der Waals surface area contributed by atoms with Gasteiger partial charge in [-0.3, -0.25) is 9.59 Å². The van der Waals surface area contributed by atoms with E-state index in [-0.39, 0.29) is 17.5 Å². The summed E-state index contributed by atoms with van der Waals surface area (Å²) in [7, 11) is 0. The lowest BCUT2D eigenvalue weighted by molar-refractivity contribution is 0.102. The van der Waals surface area contributed by atoms with Gasteiger partial charge in [0.2, 0.25) is 0 Å². The van der Waals surface area contributed by atoms with Crippen LogP contribution in [0, 0.1) is 11.8 Å². The zero-order valence-electron chi connectivity index (χ0n) is 14.6. The Morgan fingerprint density at radius 1 is 0.800 bits per heavy atom. The maximum Gasteiger partial charge on any atom is 0.192 e. The van der Waals surface area contributed by atoms with E-state index in [9.17, 15) is 9.59 Å². The van der Waals surface area contributed by atoms with E-state index in [1.54, 1.807) is 6.08 Å². The van der Waals surface area contributed by atoms with E-state index >= 15 is 0 Å². The first-order valence-electron chi connectivity index (χ1n) is 8.87. The van der Waals surface area contributed by atoms with Crippen molar-refractivity contribution in [3.05, 3.63) is 95.1 Å². The van der Waals surface area contributed by atoms with E-state index in [1.807, 2.05) is 80.6 Å². The Bertz CT molecular complexity index is 829. The summed E-state index contributed by atoms with van der Waals surface area (Å²) in [6.45, 7) is 4.00. The largest absolute Gasteiger partial charge is 0.289 e. The zero-order chi connectivity index (χ0) is 17.8. The quantitative estimate of drug-likeness (QED) is 0.715. The third-order valence-corrected chi connectivity index (χ3v) is 4.54. The molecule has 0 aliphatic heterocycles. The number of Topliss-reactive ketones (excluding diaryl/α,β-unsaturated/α-hetero) is 2. The summed E-state index contributed by atoms with van der Waals surface area (Å²) < 4.78 is 0. The molecule has 1 saturated carbocycles. The highest BCUT2D eigenvalue weighted by Gasteiger charge is 2.44. The van der Waals surface area contributed by atoms with Crippen molar-refractivity contribution < 1.29 is 9.59 Å². The van der Waals surface area contributed by atoms with Crippen molar-refractivity contribution >= 4 is 11.6 Å². The van der Waals surface area contributed by atoms with Gasteiger partial charge in [-0.05, 0) is 24.3 Å². The molecule has 0 radical (unpaired) electrons. The second-order valence-electron chi connectivity index (χ2n) is 6.12. The van der Waals surface area contributed by atoms with Crippen molar-refractivity contribution in [2.24, 2.45) is 11.8 Å². The van der Waals surface area contributed by atoms with Crippen LogP contribution in [-0.4, -0.2) is 11.6 Å². The smallest absolute Gasteiger partial charge is 0.192 e. The first-order chi connectivity index (χ1) is 12.2. The van der Waals surface area contributed by atoms with Gasteiger partial charge in [0.15, 0.2) is 11.6 Å². The predicted octanol–water partition coefficient (Wildman–Crippen LogP) is 5.28. The average molecular weight is 330 g/mol. The van der Waals surface area contributed by atoms with Crippen molar-refractivity contribution in [1.82, 2.24) is 0 Å². The van der Waals surface area contributed by atoms with Gasteiger partial charge in [0.1, 0.15) is 0 Å². The van der Waals surface area contributed by atoms with Crippen LogP contribution in [0.15, 0.2) is 84.0 Å². The number of hydrogen-bond acceptors (Lipinski definition) is 2. The van der Waals surface area contributed by atoms with E-state index < -0.39 is 0 Å². The topological polar surface area (TPSA) is 34.1 Å². The zero-order valence-corrected chi connectivity index (χ0v) is 14.6. The number of benzene rings is 2. The van der Waals surface area contributed by atoms with Crippen LogP contribution in [0.5, 0.6) is 0 Å². The molecule has 0 saturated heterocycles. The van der Waals surface area contributed by atoms with Gasteiger partial charge in [-0.15, -0.1) is 0 Å². The molecule has 0 amide bonds. The predicted molar refractivity (Wildman–Crippen MR) is 101 cm³/mol. The highest BCUT2D eigenvalue weighted by Crippen LogP contribution is 2.50. The number of carbonyl (C=O) groups is 2. The summed E-state index contributed by atoms with van der Waals surface area (Å²) in [5, 5.41) is 0. The number of allylic oxidation sites excluding steroid dienone is 4. The molecule has 2 aliphatic carbocycles. The standard InChI is InChI=1S/C21H16O2.C2H6/c22-20(14-7-3-1-4-8-14)17-11-16-12-18(16)19(13-17)21(23)15-9-5-2-6-10-15;1-2/h1-11,13,16,18H,12H2;1-2H3. The first kappa shape index (κ1) is 17.1. The lowest BCUT2D eigenvalue weighted by atomic mass is 9.90. The van der Waals surface area contributed by atoms with Crippen LogP contribution >= 0.6 is 0 Å². The molecule has 2 aromatic rings. The Balaban J connectivity index is 0.000000880. The van der Waals surface area contributed by atoms with Crippen molar-refractivity contribution in [1.29, 1.82) is 0 Å². The molecule has 2 heteroatoms. The molecule has 25 heavy (non-hydrogen) atoms. The number of rotatable bonds is 4. The molecule has 2 aromatic carbocycles. The van der Waals surface area contributed by atoms with Crippen LogP contribution in [0.4, 0.5) is 0 Å². The molecule has 0 N–H and O–H groups in total. The normalized spacial score (nSPS) is 20.2. The van der Waals surface area contributed by atoms with Gasteiger partial charge >= 0.3 is 0 Å². The Hall–Kier alpha value is -2.74. The summed E-state index contributed by atoms with van der Waals surface area (Å²) >= 11 is 0. The minimum absolute atomic E-state index is 0.00527. The van der Waals surface area contributed by atoms with E-state index in [2.05, 4.69) is 0 Å². The molecule has 126 valence electrons. The average Bonchev–Trinajstić information content (AvgIpc) is 3.48. The fourth-order valence-corrected chi connectivity index (χ4v) is 3.20. The Morgan fingerprint density at radius 3 is 1.88 bits per heavy atom. The lowest BCUT2D eigenvalue weighted by Crippen LogP contribution is -2.12. The van der Waals surface area contributed by atoms with E-state index in [4.69, 9.17) is 0 Å². The molecule has 2 unspecified atom stereocenters. The summed E-state index contributed by atoms with van der Waals surface area (Å²) in [5.74, 6) is 0.666. The lowest BCUT2D eigenvalue weighted by Gasteiger charge is -2.12. The summed E-state index contributed by atoms with van der Waals surface area (Å²) in [6, 6.07) is 18.5. The molecule has 2 aliphatic rings. The van der Waals surface area contributed by atoms with Crippen LogP contribution < -0.4 is 0 Å². The second kappa shape index (κ2) is 7.43. The van der Waals surface area contributed by atoms with Crippen LogP contribution in [0.3, 0.4) is 0 Å². The summed E-state index contributed by atoms with van der Waals surface area (Å²) in [6.07, 6.45) is 4.80.